The van der Waals surface area contributed by atoms with Gasteiger partial charge in [-0.25, -0.2) is 0 Å². The molecule has 0 bridgehead atoms. The van der Waals surface area contributed by atoms with Crippen molar-refractivity contribution in [1.29, 1.82) is 0 Å². The average Bonchev–Trinajstić information content (AvgIpc) is 2.94. The molecule has 9 atom stereocenters. The summed E-state index contributed by atoms with van der Waals surface area (Å²) < 4.78 is 12.0. The van der Waals surface area contributed by atoms with Crippen LogP contribution in [0.2, 0.25) is 0 Å². The number of rotatable bonds is 8. The van der Waals surface area contributed by atoms with E-state index in [1.807, 2.05) is 0 Å². The molecule has 0 aromatic heterocycles. The fourth-order valence-corrected chi connectivity index (χ4v) is 10.7. The number of allylic oxidation sites excluding steroid dienone is 2. The second-order valence-corrected chi connectivity index (χ2v) is 15.6. The van der Waals surface area contributed by atoms with Gasteiger partial charge in [-0.1, -0.05) is 89.9 Å². The molecule has 0 aliphatic heterocycles. The van der Waals surface area contributed by atoms with Crippen molar-refractivity contribution < 1.29 is 19.1 Å². The number of fused-ring (bicyclic) bond motifs is 5. The summed E-state index contributed by atoms with van der Waals surface area (Å²) in [5, 5.41) is 0. The molecule has 3 fully saturated rings. The van der Waals surface area contributed by atoms with Crippen LogP contribution >= 0.6 is 0 Å². The van der Waals surface area contributed by atoms with Gasteiger partial charge in [0.15, 0.2) is 0 Å². The van der Waals surface area contributed by atoms with Gasteiger partial charge in [-0.2, -0.15) is 0 Å². The quantitative estimate of drug-likeness (QED) is 0.138. The van der Waals surface area contributed by atoms with Gasteiger partial charge in [0.05, 0.1) is 19.8 Å². The molecule has 0 heterocycles. The Morgan fingerprint density at radius 3 is 2.37 bits per heavy atom. The van der Waals surface area contributed by atoms with Crippen LogP contribution in [0.25, 0.3) is 0 Å². The van der Waals surface area contributed by atoms with Crippen LogP contribution in [0.3, 0.4) is 0 Å². The third-order valence-corrected chi connectivity index (χ3v) is 12.8. The minimum atomic E-state index is -0.664. The van der Waals surface area contributed by atoms with Gasteiger partial charge >= 0.3 is 5.97 Å². The maximum absolute atomic E-state index is 12.8. The van der Waals surface area contributed by atoms with Gasteiger partial charge in [0.1, 0.15) is 12.2 Å². The Morgan fingerprint density at radius 1 is 1.00 bits per heavy atom. The van der Waals surface area contributed by atoms with Crippen molar-refractivity contribution >= 4 is 12.3 Å². The highest BCUT2D eigenvalue weighted by molar-refractivity contribution is 5.88. The number of esters is 1. The molecule has 1 aromatic carbocycles. The zero-order chi connectivity index (χ0) is 29.6. The second kappa shape index (κ2) is 11.3. The van der Waals surface area contributed by atoms with Gasteiger partial charge in [-0.05, 0) is 96.8 Å². The Morgan fingerprint density at radius 2 is 1.71 bits per heavy atom. The lowest BCUT2D eigenvalue weighted by molar-refractivity contribution is -0.168. The molecule has 4 aliphatic rings. The highest BCUT2D eigenvalue weighted by Gasteiger charge is 2.63. The van der Waals surface area contributed by atoms with Gasteiger partial charge in [-0.15, -0.1) is 0 Å². The van der Waals surface area contributed by atoms with E-state index in [0.29, 0.717) is 24.4 Å². The van der Waals surface area contributed by atoms with Crippen LogP contribution < -0.4 is 0 Å². The van der Waals surface area contributed by atoms with Crippen molar-refractivity contribution in [2.24, 2.45) is 51.2 Å². The molecule has 3 saturated carbocycles. The van der Waals surface area contributed by atoms with Crippen molar-refractivity contribution in [3.8, 4) is 0 Å². The first-order valence-corrected chi connectivity index (χ1v) is 16.3. The molecule has 4 heteroatoms. The maximum Gasteiger partial charge on any atom is 0.316 e. The van der Waals surface area contributed by atoms with Crippen LogP contribution in [-0.2, 0) is 25.7 Å². The molecule has 0 saturated heterocycles. The normalized spacial score (nSPS) is 40.3. The smallest absolute Gasteiger partial charge is 0.316 e. The molecule has 0 radical (unpaired) electrons. The van der Waals surface area contributed by atoms with Crippen LogP contribution in [0.4, 0.5) is 0 Å². The summed E-state index contributed by atoms with van der Waals surface area (Å²) in [5.74, 6) is 0.578. The number of aldehydes is 1. The first-order valence-electron chi connectivity index (χ1n) is 16.3. The molecule has 41 heavy (non-hydrogen) atoms. The molecule has 0 N–H and O–H groups in total. The number of benzene rings is 1. The van der Waals surface area contributed by atoms with E-state index in [9.17, 15) is 9.59 Å². The monoisotopic (exact) mass is 562 g/mol. The summed E-state index contributed by atoms with van der Waals surface area (Å²) in [6.45, 7) is 15.3. The van der Waals surface area contributed by atoms with E-state index in [4.69, 9.17) is 9.47 Å². The Kier molecular flexibility index (Phi) is 8.40. The molecule has 1 aromatic rings. The van der Waals surface area contributed by atoms with Crippen LogP contribution in [0, 0.1) is 51.2 Å². The number of ether oxygens (including phenoxy) is 2. The number of carbonyl (C=O) groups is 2. The highest BCUT2D eigenvalue weighted by atomic mass is 16.5. The van der Waals surface area contributed by atoms with Crippen molar-refractivity contribution in [3.05, 3.63) is 47.5 Å². The average molecular weight is 563 g/mol. The summed E-state index contributed by atoms with van der Waals surface area (Å²) in [6.07, 6.45) is 13.6. The van der Waals surface area contributed by atoms with Crippen molar-refractivity contribution in [2.45, 2.75) is 112 Å². The minimum absolute atomic E-state index is 0.0404. The predicted octanol–water partition coefficient (Wildman–Crippen LogP) is 8.58. The van der Waals surface area contributed by atoms with Crippen LogP contribution in [0.1, 0.15) is 105 Å². The van der Waals surface area contributed by atoms with Gasteiger partial charge in [0.25, 0.3) is 0 Å². The van der Waals surface area contributed by atoms with Crippen LogP contribution in [-0.4, -0.2) is 25.5 Å². The Hall–Kier alpha value is -1.94. The van der Waals surface area contributed by atoms with Gasteiger partial charge in [0, 0.05) is 5.41 Å². The SMILES string of the molecule is CCCC1(C)C(C(C=O)C(=O)OC)CCC2(C)C3CCC4(C)C(OCc5ccccc5)CC(C)(C)CC4C3=CCC21. The first-order chi connectivity index (χ1) is 19.4. The molecule has 4 aliphatic carbocycles. The zero-order valence-electron chi connectivity index (χ0n) is 26.7. The van der Waals surface area contributed by atoms with E-state index in [2.05, 4.69) is 78.0 Å². The minimum Gasteiger partial charge on any atom is -0.468 e. The maximum atomic E-state index is 12.8. The molecule has 0 spiro atoms. The number of hydrogen-bond acceptors (Lipinski definition) is 4. The van der Waals surface area contributed by atoms with E-state index in [1.165, 1.54) is 31.9 Å². The zero-order valence-corrected chi connectivity index (χ0v) is 26.7. The number of hydrogen-bond donors (Lipinski definition) is 0. The standard InChI is InChI=1S/C37H54O4/c1-8-18-35(4)29(27(23-38)33(39)40-7)16-19-36(5)28-17-20-37(6)30(26(28)14-15-31(35)36)21-34(2,3)22-32(37)41-24-25-12-10-9-11-13-25/h9-14,23,27-32H,8,15-22,24H2,1-7H3. The molecular weight excluding hydrogens is 508 g/mol. The fraction of sp³-hybridized carbons (Fsp3) is 0.730. The third kappa shape index (κ3) is 5.15. The Bertz CT molecular complexity index is 1140. The summed E-state index contributed by atoms with van der Waals surface area (Å²) >= 11 is 0. The summed E-state index contributed by atoms with van der Waals surface area (Å²) in [5.41, 5.74) is 3.44. The van der Waals surface area contributed by atoms with Crippen LogP contribution in [0.15, 0.2) is 42.0 Å². The fourth-order valence-electron chi connectivity index (χ4n) is 10.7. The number of methoxy groups -OCH3 is 1. The second-order valence-electron chi connectivity index (χ2n) is 15.6. The van der Waals surface area contributed by atoms with Crippen LogP contribution in [0.5, 0.6) is 0 Å². The van der Waals surface area contributed by atoms with Gasteiger partial charge in [-0.3, -0.25) is 4.79 Å². The lowest BCUT2D eigenvalue weighted by Crippen LogP contribution is -2.60. The topological polar surface area (TPSA) is 52.6 Å². The van der Waals surface area contributed by atoms with Crippen molar-refractivity contribution in [1.82, 2.24) is 0 Å². The third-order valence-electron chi connectivity index (χ3n) is 12.8. The van der Waals surface area contributed by atoms with Gasteiger partial charge in [0.2, 0.25) is 0 Å². The summed E-state index contributed by atoms with van der Waals surface area (Å²) in [7, 11) is 1.42. The Balaban J connectivity index is 1.47. The van der Waals surface area contributed by atoms with E-state index >= 15 is 0 Å². The highest BCUT2D eigenvalue weighted by Crippen LogP contribution is 2.70. The summed E-state index contributed by atoms with van der Waals surface area (Å²) in [6, 6.07) is 10.6. The van der Waals surface area contributed by atoms with E-state index in [1.54, 1.807) is 5.57 Å². The van der Waals surface area contributed by atoms with E-state index in [-0.39, 0.29) is 39.7 Å². The largest absolute Gasteiger partial charge is 0.468 e. The Labute approximate surface area is 249 Å². The summed E-state index contributed by atoms with van der Waals surface area (Å²) in [4.78, 5) is 25.0. The lowest BCUT2D eigenvalue weighted by atomic mass is 9.39. The van der Waals surface area contributed by atoms with E-state index < -0.39 is 5.92 Å². The predicted molar refractivity (Wildman–Crippen MR) is 164 cm³/mol. The number of carbonyl (C=O) groups excluding carboxylic acids is 2. The molecule has 0 amide bonds. The van der Waals surface area contributed by atoms with Gasteiger partial charge < -0.3 is 14.3 Å². The lowest BCUT2D eigenvalue weighted by Gasteiger charge is -2.66. The molecule has 5 rings (SSSR count). The molecule has 9 unspecified atom stereocenters. The molecular formula is C37H54O4. The van der Waals surface area contributed by atoms with E-state index in [0.717, 1.165) is 44.8 Å². The van der Waals surface area contributed by atoms with Crippen molar-refractivity contribution in [2.75, 3.05) is 7.11 Å². The molecule has 226 valence electrons. The van der Waals surface area contributed by atoms with Crippen molar-refractivity contribution in [3.63, 3.8) is 0 Å². The first kappa shape index (κ1) is 30.5. The molecule has 4 nitrogen and oxygen atoms in total.